The summed E-state index contributed by atoms with van der Waals surface area (Å²) in [6.45, 7) is -0.338. The molecule has 0 bridgehead atoms. The lowest BCUT2D eigenvalue weighted by atomic mass is 10.1. The molecule has 0 aliphatic heterocycles. The second-order valence-corrected chi connectivity index (χ2v) is 9.93. The number of carbonyl (C=O) groups is 3. The summed E-state index contributed by atoms with van der Waals surface area (Å²) in [7, 11) is 3.13. The van der Waals surface area contributed by atoms with Crippen molar-refractivity contribution in [2.24, 2.45) is 0 Å². The molecule has 2 aromatic carbocycles. The van der Waals surface area contributed by atoms with Gasteiger partial charge in [0.2, 0.25) is 11.8 Å². The van der Waals surface area contributed by atoms with E-state index in [9.17, 15) is 37.5 Å². The number of anilines is 1. The van der Waals surface area contributed by atoms with E-state index in [0.29, 0.717) is 5.52 Å². The van der Waals surface area contributed by atoms with Crippen molar-refractivity contribution >= 4 is 34.6 Å². The third-order valence-electron chi connectivity index (χ3n) is 6.54. The lowest BCUT2D eigenvalue weighted by Gasteiger charge is -2.16. The molecule has 2 aromatic heterocycles. The Kier molecular flexibility index (Phi) is 9.77. The van der Waals surface area contributed by atoms with Gasteiger partial charge in [-0.05, 0) is 37.1 Å². The van der Waals surface area contributed by atoms with Gasteiger partial charge in [-0.15, -0.1) is 0 Å². The molecule has 0 spiro atoms. The second-order valence-electron chi connectivity index (χ2n) is 9.93. The fourth-order valence-corrected chi connectivity index (χ4v) is 4.31. The molecule has 4 aromatic rings. The summed E-state index contributed by atoms with van der Waals surface area (Å²) in [5.74, 6) is -3.01. The van der Waals surface area contributed by atoms with Gasteiger partial charge in [0.25, 0.3) is 5.56 Å². The molecule has 0 aliphatic carbocycles. The molecule has 0 radical (unpaired) electrons. The molecule has 4 rings (SSSR count). The van der Waals surface area contributed by atoms with E-state index >= 15 is 0 Å². The van der Waals surface area contributed by atoms with Gasteiger partial charge in [-0.1, -0.05) is 12.1 Å². The van der Waals surface area contributed by atoms with Gasteiger partial charge >= 0.3 is 6.09 Å². The maximum Gasteiger partial charge on any atom is 0.405 e. The van der Waals surface area contributed by atoms with E-state index in [-0.39, 0.29) is 54.4 Å². The van der Waals surface area contributed by atoms with Crippen molar-refractivity contribution in [2.75, 3.05) is 19.4 Å². The Morgan fingerprint density at radius 2 is 1.80 bits per heavy atom. The number of carboxylic acid groups (broad SMARTS) is 1. The van der Waals surface area contributed by atoms with Gasteiger partial charge in [-0.3, -0.25) is 19.0 Å². The molecule has 0 saturated heterocycles. The number of halogens is 3. The number of carbonyl (C=O) groups excluding carboxylic acids is 2. The Balaban J connectivity index is 1.58. The highest BCUT2D eigenvalue weighted by Crippen LogP contribution is 2.21. The van der Waals surface area contributed by atoms with Gasteiger partial charge < -0.3 is 25.2 Å². The topological polar surface area (TPSA) is 151 Å². The molecule has 1 atom stereocenters. The zero-order valence-electron chi connectivity index (χ0n) is 23.6. The summed E-state index contributed by atoms with van der Waals surface area (Å²) in [5, 5.41) is 13.7. The van der Waals surface area contributed by atoms with Crippen molar-refractivity contribution in [2.45, 2.75) is 32.0 Å². The number of nitrogens with one attached hydrogen (secondary N) is 2. The van der Waals surface area contributed by atoms with Crippen molar-refractivity contribution in [3.8, 4) is 0 Å². The van der Waals surface area contributed by atoms with Crippen LogP contribution in [0, 0.1) is 17.5 Å². The van der Waals surface area contributed by atoms with Crippen LogP contribution in [0.15, 0.2) is 65.9 Å². The van der Waals surface area contributed by atoms with Crippen molar-refractivity contribution in [3.63, 3.8) is 0 Å². The van der Waals surface area contributed by atoms with Crippen molar-refractivity contribution in [1.82, 2.24) is 29.3 Å². The number of benzene rings is 2. The summed E-state index contributed by atoms with van der Waals surface area (Å²) >= 11 is 0. The summed E-state index contributed by atoms with van der Waals surface area (Å²) in [4.78, 5) is 59.0. The lowest BCUT2D eigenvalue weighted by Crippen LogP contribution is -2.44. The number of hydrogen-bond acceptors (Lipinski definition) is 6. The predicted octanol–water partition coefficient (Wildman–Crippen LogP) is 3.11. The molecule has 0 saturated carbocycles. The van der Waals surface area contributed by atoms with Gasteiger partial charge in [0.1, 0.15) is 35.0 Å². The van der Waals surface area contributed by atoms with E-state index in [1.54, 1.807) is 18.7 Å². The number of aromatic nitrogens is 4. The average Bonchev–Trinajstić information content (AvgIpc) is 3.28. The molecule has 3 amide bonds. The SMILES string of the molecule is CN(C)C(=O)/C=C/CCC(NC(=O)O)C(=O)Nc1cncn(Cc2nc3cc(F)ccc3n2Cc2ccc(F)cc2F)c1=O. The molecule has 3 N–H and O–H groups in total. The minimum atomic E-state index is -1.46. The molecule has 12 nitrogen and oxygen atoms in total. The van der Waals surface area contributed by atoms with E-state index in [4.69, 9.17) is 0 Å². The Labute approximate surface area is 248 Å². The quantitative estimate of drug-likeness (QED) is 0.221. The standard InChI is InChI=1S/C29H28F3N7O5/c1-37(2)26(40)6-4-3-5-21(36-29(43)44)27(41)35-23-13-33-16-38(28(23)42)15-25-34-22-12-19(31)9-10-24(22)39(25)14-17-7-8-18(30)11-20(17)32/h4,6-13,16,21,36H,3,5,14-15H2,1-2H3,(H,35,41)(H,43,44)/b6-4+. The minimum Gasteiger partial charge on any atom is -0.465 e. The molecule has 2 heterocycles. The number of allylic oxidation sites excluding steroid dienone is 1. The maximum absolute atomic E-state index is 14.5. The van der Waals surface area contributed by atoms with Crippen LogP contribution in [0.1, 0.15) is 24.2 Å². The fourth-order valence-electron chi connectivity index (χ4n) is 4.31. The highest BCUT2D eigenvalue weighted by Gasteiger charge is 2.22. The highest BCUT2D eigenvalue weighted by atomic mass is 19.1. The first-order valence-corrected chi connectivity index (χ1v) is 13.2. The molecular formula is C29H28F3N7O5. The first kappa shape index (κ1) is 31.5. The summed E-state index contributed by atoms with van der Waals surface area (Å²) < 4.78 is 44.6. The summed E-state index contributed by atoms with van der Waals surface area (Å²) in [6.07, 6.45) is 3.78. The molecule has 230 valence electrons. The minimum absolute atomic E-state index is 0.00960. The van der Waals surface area contributed by atoms with E-state index in [1.165, 1.54) is 47.6 Å². The maximum atomic E-state index is 14.5. The fraction of sp³-hybridized carbons (Fsp3) is 0.241. The molecule has 0 fully saturated rings. The number of hydrogen-bond donors (Lipinski definition) is 3. The zero-order chi connectivity index (χ0) is 32.0. The number of fused-ring (bicyclic) bond motifs is 1. The van der Waals surface area contributed by atoms with Crippen molar-refractivity contribution in [1.29, 1.82) is 0 Å². The van der Waals surface area contributed by atoms with Crippen LogP contribution in [0.5, 0.6) is 0 Å². The van der Waals surface area contributed by atoms with Crippen LogP contribution < -0.4 is 16.2 Å². The van der Waals surface area contributed by atoms with E-state index in [0.717, 1.165) is 22.9 Å². The molecule has 0 aliphatic rings. The van der Waals surface area contributed by atoms with Gasteiger partial charge in [0.05, 0.1) is 36.6 Å². The second kappa shape index (κ2) is 13.7. The number of amides is 3. The van der Waals surface area contributed by atoms with Crippen molar-refractivity contribution < 1.29 is 32.7 Å². The molecular weight excluding hydrogens is 583 g/mol. The Morgan fingerprint density at radius 1 is 1.07 bits per heavy atom. The molecule has 44 heavy (non-hydrogen) atoms. The number of imidazole rings is 1. The normalized spacial score (nSPS) is 11.9. The van der Waals surface area contributed by atoms with Crippen molar-refractivity contribution in [3.05, 3.63) is 100 Å². The molecule has 1 unspecified atom stereocenters. The number of nitrogens with zero attached hydrogens (tertiary/aromatic N) is 5. The van der Waals surface area contributed by atoms with E-state index in [1.807, 2.05) is 0 Å². The third kappa shape index (κ3) is 7.67. The van der Waals surface area contributed by atoms with Gasteiger partial charge in [-0.25, -0.2) is 27.9 Å². The Bertz CT molecular complexity index is 1800. The summed E-state index contributed by atoms with van der Waals surface area (Å²) in [5.41, 5.74) is -0.181. The number of likely N-dealkylation sites (N-methyl/N-ethyl adjacent to an activating group) is 1. The molecule has 15 heteroatoms. The van der Waals surface area contributed by atoms with E-state index < -0.39 is 41.1 Å². The smallest absolute Gasteiger partial charge is 0.405 e. The van der Waals surface area contributed by atoms with E-state index in [2.05, 4.69) is 20.6 Å². The van der Waals surface area contributed by atoms with Gasteiger partial charge in [-0.2, -0.15) is 0 Å². The van der Waals surface area contributed by atoms with Crippen LogP contribution in [-0.2, 0) is 22.7 Å². The van der Waals surface area contributed by atoms with Crippen LogP contribution in [0.25, 0.3) is 11.0 Å². The van der Waals surface area contributed by atoms with Crippen LogP contribution >= 0.6 is 0 Å². The first-order chi connectivity index (χ1) is 20.9. The van der Waals surface area contributed by atoms with Crippen LogP contribution in [-0.4, -0.2) is 67.2 Å². The predicted molar refractivity (Wildman–Crippen MR) is 153 cm³/mol. The third-order valence-corrected chi connectivity index (χ3v) is 6.54. The monoisotopic (exact) mass is 611 g/mol. The highest BCUT2D eigenvalue weighted by molar-refractivity contribution is 5.96. The summed E-state index contributed by atoms with van der Waals surface area (Å²) in [6, 6.07) is 5.67. The zero-order valence-corrected chi connectivity index (χ0v) is 23.6. The lowest BCUT2D eigenvalue weighted by molar-refractivity contribution is -0.123. The Morgan fingerprint density at radius 3 is 2.50 bits per heavy atom. The first-order valence-electron chi connectivity index (χ1n) is 13.2. The largest absolute Gasteiger partial charge is 0.465 e. The van der Waals surface area contributed by atoms with Gasteiger partial charge in [0.15, 0.2) is 0 Å². The Hall–Kier alpha value is -5.47. The average molecular weight is 612 g/mol. The number of rotatable bonds is 11. The van der Waals surface area contributed by atoms with Crippen LogP contribution in [0.4, 0.5) is 23.7 Å². The van der Waals surface area contributed by atoms with Crippen LogP contribution in [0.2, 0.25) is 0 Å². The van der Waals surface area contributed by atoms with Gasteiger partial charge in [0, 0.05) is 31.8 Å². The van der Waals surface area contributed by atoms with Crippen LogP contribution in [0.3, 0.4) is 0 Å².